The fraction of sp³-hybridized carbons (Fsp3) is 0.571. The predicted octanol–water partition coefficient (Wildman–Crippen LogP) is 4.81. The highest BCUT2D eigenvalue weighted by atomic mass is 16.5. The van der Waals surface area contributed by atoms with E-state index in [0.29, 0.717) is 48.0 Å². The number of benzene rings is 1. The van der Waals surface area contributed by atoms with E-state index >= 15 is 0 Å². The number of nitrogens with zero attached hydrogens (tertiary/aromatic N) is 10. The number of tetrazole rings is 1. The normalized spacial score (nSPS) is 22.4. The van der Waals surface area contributed by atoms with E-state index in [9.17, 15) is 5.26 Å². The fourth-order valence-electron chi connectivity index (χ4n) is 6.73. The maximum Gasteiger partial charge on any atom is 0.256 e. The number of ether oxygens (including phenoxy) is 4. The van der Waals surface area contributed by atoms with Gasteiger partial charge in [-0.3, -0.25) is 9.58 Å². The van der Waals surface area contributed by atoms with Gasteiger partial charge in [0.15, 0.2) is 0 Å². The molecule has 2 fully saturated rings. The SMILES string of the molecule is COC(C)CCOc1nn(C2CCC(N3C[C@@H](C)O[C@@H](C)C3)CC2)cc1Nc1ncc(-c2ccc(C#N)c(OC(C)Cn3cnnn3)c2)cn1. The van der Waals surface area contributed by atoms with Gasteiger partial charge in [0.05, 0.1) is 49.3 Å². The zero-order valence-corrected chi connectivity index (χ0v) is 29.5. The van der Waals surface area contributed by atoms with E-state index in [1.807, 2.05) is 36.9 Å². The summed E-state index contributed by atoms with van der Waals surface area (Å²) in [6.45, 7) is 11.1. The fourth-order valence-corrected chi connectivity index (χ4v) is 6.73. The van der Waals surface area contributed by atoms with Crippen molar-refractivity contribution >= 4 is 11.6 Å². The van der Waals surface area contributed by atoms with Crippen LogP contribution in [0, 0.1) is 11.3 Å². The van der Waals surface area contributed by atoms with Gasteiger partial charge in [-0.1, -0.05) is 6.07 Å². The summed E-state index contributed by atoms with van der Waals surface area (Å²) in [6.07, 6.45) is 12.4. The molecule has 2 unspecified atom stereocenters. The Bertz CT molecular complexity index is 1690. The largest absolute Gasteiger partial charge is 0.487 e. The molecule has 15 nitrogen and oxygen atoms in total. The molecule has 4 atom stereocenters. The number of nitriles is 1. The Morgan fingerprint density at radius 1 is 1.02 bits per heavy atom. The van der Waals surface area contributed by atoms with Crippen LogP contribution in [0.3, 0.4) is 0 Å². The highest BCUT2D eigenvalue weighted by Gasteiger charge is 2.32. The molecule has 4 heterocycles. The molecule has 50 heavy (non-hydrogen) atoms. The number of methoxy groups -OCH3 is 1. The molecule has 1 aliphatic carbocycles. The molecular weight excluding hydrogens is 638 g/mol. The van der Waals surface area contributed by atoms with Crippen LogP contribution in [0.4, 0.5) is 11.6 Å². The van der Waals surface area contributed by atoms with Crippen LogP contribution in [-0.4, -0.2) is 102 Å². The zero-order valence-electron chi connectivity index (χ0n) is 29.5. The summed E-state index contributed by atoms with van der Waals surface area (Å²) in [6, 6.07) is 8.48. The third kappa shape index (κ3) is 8.92. The van der Waals surface area contributed by atoms with E-state index in [-0.39, 0.29) is 30.5 Å². The van der Waals surface area contributed by atoms with Crippen molar-refractivity contribution in [2.24, 2.45) is 0 Å². The van der Waals surface area contributed by atoms with Crippen molar-refractivity contribution in [3.63, 3.8) is 0 Å². The van der Waals surface area contributed by atoms with Gasteiger partial charge in [0.1, 0.15) is 29.9 Å². The van der Waals surface area contributed by atoms with Gasteiger partial charge in [0, 0.05) is 50.6 Å². The Kier molecular flexibility index (Phi) is 11.5. The van der Waals surface area contributed by atoms with Gasteiger partial charge in [0.2, 0.25) is 5.95 Å². The lowest BCUT2D eigenvalue weighted by Crippen LogP contribution is -2.51. The highest BCUT2D eigenvalue weighted by molar-refractivity contribution is 5.67. The van der Waals surface area contributed by atoms with Crippen LogP contribution >= 0.6 is 0 Å². The van der Waals surface area contributed by atoms with Gasteiger partial charge in [-0.25, -0.2) is 14.6 Å². The first-order chi connectivity index (χ1) is 24.3. The first-order valence-electron chi connectivity index (χ1n) is 17.4. The highest BCUT2D eigenvalue weighted by Crippen LogP contribution is 2.35. The summed E-state index contributed by atoms with van der Waals surface area (Å²) in [5.41, 5.74) is 2.74. The van der Waals surface area contributed by atoms with Gasteiger partial charge < -0.3 is 24.3 Å². The molecule has 4 aromatic rings. The van der Waals surface area contributed by atoms with Crippen molar-refractivity contribution in [1.82, 2.24) is 44.9 Å². The second-order valence-electron chi connectivity index (χ2n) is 13.4. The lowest BCUT2D eigenvalue weighted by atomic mass is 9.89. The Morgan fingerprint density at radius 3 is 2.44 bits per heavy atom. The van der Waals surface area contributed by atoms with Crippen LogP contribution in [0.15, 0.2) is 43.1 Å². The van der Waals surface area contributed by atoms with Crippen LogP contribution in [-0.2, 0) is 16.0 Å². The van der Waals surface area contributed by atoms with Crippen LogP contribution in [0.1, 0.15) is 71.4 Å². The molecule has 1 N–H and O–H groups in total. The minimum Gasteiger partial charge on any atom is -0.487 e. The summed E-state index contributed by atoms with van der Waals surface area (Å²) in [4.78, 5) is 11.8. The van der Waals surface area contributed by atoms with Crippen molar-refractivity contribution in [1.29, 1.82) is 5.26 Å². The molecule has 15 heteroatoms. The van der Waals surface area contributed by atoms with Gasteiger partial charge in [0.25, 0.3) is 5.88 Å². The van der Waals surface area contributed by atoms with Crippen molar-refractivity contribution in [3.05, 3.63) is 48.7 Å². The van der Waals surface area contributed by atoms with E-state index < -0.39 is 0 Å². The second-order valence-corrected chi connectivity index (χ2v) is 13.4. The Morgan fingerprint density at radius 2 is 1.76 bits per heavy atom. The minimum absolute atomic E-state index is 0.0765. The van der Waals surface area contributed by atoms with Gasteiger partial charge >= 0.3 is 0 Å². The molecule has 2 aliphatic rings. The maximum atomic E-state index is 9.68. The molecule has 0 amide bonds. The number of anilines is 2. The molecule has 0 spiro atoms. The first-order valence-corrected chi connectivity index (χ1v) is 17.4. The molecule has 1 aliphatic heterocycles. The van der Waals surface area contributed by atoms with E-state index in [4.69, 9.17) is 24.0 Å². The number of aromatic nitrogens is 8. The average molecular weight is 686 g/mol. The monoisotopic (exact) mass is 685 g/mol. The summed E-state index contributed by atoms with van der Waals surface area (Å²) < 4.78 is 27.3. The molecule has 0 bridgehead atoms. The Labute approximate surface area is 292 Å². The molecule has 266 valence electrons. The summed E-state index contributed by atoms with van der Waals surface area (Å²) in [7, 11) is 1.70. The molecule has 1 saturated heterocycles. The number of nitrogens with one attached hydrogen (secondary N) is 1. The van der Waals surface area contributed by atoms with Gasteiger partial charge in [-0.15, -0.1) is 10.2 Å². The van der Waals surface area contributed by atoms with Gasteiger partial charge in [-0.05, 0) is 81.5 Å². The van der Waals surface area contributed by atoms with Crippen molar-refractivity contribution in [3.8, 4) is 28.8 Å². The molecule has 3 aromatic heterocycles. The first kappa shape index (κ1) is 35.2. The smallest absolute Gasteiger partial charge is 0.256 e. The van der Waals surface area contributed by atoms with E-state index in [0.717, 1.165) is 56.3 Å². The third-order valence-electron chi connectivity index (χ3n) is 9.37. The second kappa shape index (κ2) is 16.4. The Hall–Kier alpha value is -4.65. The molecular formula is C35H47N11O4. The van der Waals surface area contributed by atoms with Crippen molar-refractivity contribution in [2.75, 3.05) is 32.1 Å². The Balaban J connectivity index is 1.13. The maximum absolute atomic E-state index is 9.68. The predicted molar refractivity (Wildman–Crippen MR) is 185 cm³/mol. The van der Waals surface area contributed by atoms with Gasteiger partial charge in [-0.2, -0.15) is 5.26 Å². The van der Waals surface area contributed by atoms with E-state index in [1.165, 1.54) is 6.33 Å². The third-order valence-corrected chi connectivity index (χ3v) is 9.37. The van der Waals surface area contributed by atoms with Crippen LogP contribution < -0.4 is 14.8 Å². The topological polar surface area (TPSA) is 163 Å². The average Bonchev–Trinajstić information content (AvgIpc) is 3.78. The minimum atomic E-state index is -0.272. The lowest BCUT2D eigenvalue weighted by molar-refractivity contribution is -0.0852. The van der Waals surface area contributed by atoms with Crippen molar-refractivity contribution < 1.29 is 18.9 Å². The number of morpholine rings is 1. The quantitative estimate of drug-likeness (QED) is 0.193. The molecule has 6 rings (SSSR count). The standard InChI is InChI=1S/C35H47N11O4/c1-23(47-5)12-13-48-34-32(21-46(41-34)31-10-8-30(9-11-31)44-18-24(2)49-25(3)19-44)40-35-37-16-29(17-38-35)27-6-7-28(15-36)33(14-27)50-26(4)20-45-22-39-42-43-45/h6-7,14,16-17,21-26,30-31H,8-13,18-20H2,1-5H3,(H,37,38,40)/t23?,24-,25+,26?,30?,31?. The van der Waals surface area contributed by atoms with E-state index in [2.05, 4.69) is 55.6 Å². The number of rotatable bonds is 14. The molecule has 0 radical (unpaired) electrons. The lowest BCUT2D eigenvalue weighted by Gasteiger charge is -2.42. The van der Waals surface area contributed by atoms with Crippen LogP contribution in [0.2, 0.25) is 0 Å². The summed E-state index contributed by atoms with van der Waals surface area (Å²) in [5, 5.41) is 29.1. The molecule has 1 saturated carbocycles. The zero-order chi connectivity index (χ0) is 35.0. The van der Waals surface area contributed by atoms with Crippen molar-refractivity contribution in [2.45, 2.75) is 103 Å². The van der Waals surface area contributed by atoms with Crippen LogP contribution in [0.25, 0.3) is 11.1 Å². The number of hydrogen-bond donors (Lipinski definition) is 1. The van der Waals surface area contributed by atoms with Crippen LogP contribution in [0.5, 0.6) is 11.6 Å². The summed E-state index contributed by atoms with van der Waals surface area (Å²) in [5.74, 6) is 1.40. The number of hydrogen-bond acceptors (Lipinski definition) is 13. The van der Waals surface area contributed by atoms with E-state index in [1.54, 1.807) is 30.3 Å². The summed E-state index contributed by atoms with van der Waals surface area (Å²) >= 11 is 0. The molecule has 1 aromatic carbocycles.